The summed E-state index contributed by atoms with van der Waals surface area (Å²) in [6, 6.07) is 23.2. The number of rotatable bonds is 4. The van der Waals surface area contributed by atoms with Gasteiger partial charge in [-0.2, -0.15) is 0 Å². The van der Waals surface area contributed by atoms with Crippen molar-refractivity contribution < 1.29 is 14.9 Å². The molecule has 1 aromatic heterocycles. The number of phenolic OH excluding ortho intramolecular Hbond substituents is 1. The fraction of sp³-hybridized carbons (Fsp3) is 0.394. The maximum absolute atomic E-state index is 13.1. The van der Waals surface area contributed by atoms with Crippen LogP contribution in [0.3, 0.4) is 0 Å². The van der Waals surface area contributed by atoms with E-state index in [0.717, 1.165) is 44.0 Å². The summed E-state index contributed by atoms with van der Waals surface area (Å²) in [7, 11) is 0. The van der Waals surface area contributed by atoms with Crippen LogP contribution in [0, 0.1) is 5.92 Å². The molecule has 38 heavy (non-hydrogen) atoms. The number of aliphatic hydroxyl groups is 1. The first kappa shape index (κ1) is 21.6. The molecule has 1 saturated carbocycles. The summed E-state index contributed by atoms with van der Waals surface area (Å²) in [6.07, 6.45) is 4.55. The Kier molecular flexibility index (Phi) is 4.11. The first-order valence-electron chi connectivity index (χ1n) is 14.2. The van der Waals surface area contributed by atoms with Gasteiger partial charge >= 0.3 is 0 Å². The largest absolute Gasteiger partial charge is 0.504 e. The van der Waals surface area contributed by atoms with Gasteiger partial charge in [0, 0.05) is 42.0 Å². The lowest BCUT2D eigenvalue weighted by Crippen LogP contribution is -2.74. The van der Waals surface area contributed by atoms with E-state index in [2.05, 4.69) is 70.1 Å². The van der Waals surface area contributed by atoms with Crippen molar-refractivity contribution in [1.29, 1.82) is 0 Å². The molecule has 5 nitrogen and oxygen atoms in total. The topological polar surface area (TPSA) is 57.9 Å². The van der Waals surface area contributed by atoms with E-state index in [-0.39, 0.29) is 17.9 Å². The first-order chi connectivity index (χ1) is 18.6. The average molecular weight is 505 g/mol. The number of phenols is 1. The molecule has 192 valence electrons. The van der Waals surface area contributed by atoms with Crippen LogP contribution in [0.2, 0.25) is 0 Å². The monoisotopic (exact) mass is 504 g/mol. The summed E-state index contributed by atoms with van der Waals surface area (Å²) in [4.78, 5) is 2.60. The molecule has 2 aliphatic heterocycles. The lowest BCUT2D eigenvalue weighted by molar-refractivity contribution is -0.173. The molecular weight excluding hydrogens is 472 g/mol. The van der Waals surface area contributed by atoms with Crippen molar-refractivity contribution in [1.82, 2.24) is 9.47 Å². The highest BCUT2D eigenvalue weighted by Gasteiger charge is 2.73. The first-order valence-corrected chi connectivity index (χ1v) is 14.2. The highest BCUT2D eigenvalue weighted by Crippen LogP contribution is 2.69. The number of benzene rings is 3. The molecule has 2 N–H and O–H groups in total. The van der Waals surface area contributed by atoms with E-state index in [9.17, 15) is 10.2 Å². The van der Waals surface area contributed by atoms with Gasteiger partial charge in [0.25, 0.3) is 0 Å². The predicted molar refractivity (Wildman–Crippen MR) is 146 cm³/mol. The average Bonchev–Trinajstić information content (AvgIpc) is 3.61. The number of fused-ring (bicyclic) bond motifs is 4. The molecule has 3 heterocycles. The Bertz CT molecular complexity index is 1620. The van der Waals surface area contributed by atoms with Gasteiger partial charge in [0.2, 0.25) is 0 Å². The van der Waals surface area contributed by atoms with Crippen LogP contribution in [-0.2, 0) is 24.8 Å². The van der Waals surface area contributed by atoms with Gasteiger partial charge in [-0.15, -0.1) is 0 Å². The lowest BCUT2D eigenvalue weighted by atomic mass is 9.49. The molecule has 3 aromatic carbocycles. The molecule has 4 atom stereocenters. The minimum Gasteiger partial charge on any atom is -0.504 e. The van der Waals surface area contributed by atoms with Gasteiger partial charge < -0.3 is 19.5 Å². The number of piperidine rings is 1. The predicted octanol–water partition coefficient (Wildman–Crippen LogP) is 5.09. The standard InChI is InChI=1S/C33H32N2O3/c36-26-13-12-22-16-27-33(37)17-24-23-8-4-5-9-25(23)35(19-20-6-2-1-3-7-20)29(24)31-32(33,28(22)30(26)38-31)14-15-34(27)18-21-10-11-21/h1-9,12-13,21,27,31,36-37H,10-11,14-19H2/t27-,31+,32-,33+/m1/s1. The lowest BCUT2D eigenvalue weighted by Gasteiger charge is -2.63. The molecule has 1 spiro atoms. The fourth-order valence-corrected chi connectivity index (χ4v) is 8.74. The Morgan fingerprint density at radius 2 is 1.79 bits per heavy atom. The van der Waals surface area contributed by atoms with Crippen LogP contribution in [0.4, 0.5) is 0 Å². The summed E-state index contributed by atoms with van der Waals surface area (Å²) >= 11 is 0. The third-order valence-electron chi connectivity index (χ3n) is 10.5. The Labute approximate surface area is 222 Å². The second kappa shape index (κ2) is 7.22. The molecule has 5 aliphatic rings. The molecular formula is C33H32N2O3. The molecule has 1 saturated heterocycles. The third-order valence-corrected chi connectivity index (χ3v) is 10.5. The Morgan fingerprint density at radius 1 is 0.974 bits per heavy atom. The van der Waals surface area contributed by atoms with E-state index in [0.29, 0.717) is 12.2 Å². The Morgan fingerprint density at radius 3 is 2.63 bits per heavy atom. The third kappa shape index (κ3) is 2.55. The Hall–Kier alpha value is -3.28. The van der Waals surface area contributed by atoms with Crippen LogP contribution in [0.5, 0.6) is 11.5 Å². The number of aromatic hydroxyl groups is 1. The number of aromatic nitrogens is 1. The number of ether oxygens (including phenoxy) is 1. The summed E-state index contributed by atoms with van der Waals surface area (Å²) in [5, 5.41) is 25.3. The molecule has 5 heteroatoms. The van der Waals surface area contributed by atoms with Crippen LogP contribution in [0.1, 0.15) is 53.3 Å². The molecule has 0 radical (unpaired) electrons. The van der Waals surface area contributed by atoms with E-state index in [1.165, 1.54) is 46.1 Å². The highest BCUT2D eigenvalue weighted by molar-refractivity contribution is 5.87. The molecule has 0 unspecified atom stereocenters. The maximum Gasteiger partial charge on any atom is 0.166 e. The Balaban J connectivity index is 1.32. The summed E-state index contributed by atoms with van der Waals surface area (Å²) < 4.78 is 9.32. The van der Waals surface area contributed by atoms with Gasteiger partial charge in [-0.1, -0.05) is 54.6 Å². The highest BCUT2D eigenvalue weighted by atomic mass is 16.5. The number of hydrogen-bond donors (Lipinski definition) is 2. The molecule has 2 bridgehead atoms. The smallest absolute Gasteiger partial charge is 0.166 e. The van der Waals surface area contributed by atoms with Crippen molar-refractivity contribution in [2.75, 3.05) is 13.1 Å². The van der Waals surface area contributed by atoms with Gasteiger partial charge in [-0.25, -0.2) is 0 Å². The van der Waals surface area contributed by atoms with Crippen LogP contribution in [0.25, 0.3) is 10.9 Å². The van der Waals surface area contributed by atoms with Gasteiger partial charge in [-0.05, 0) is 67.0 Å². The number of para-hydroxylation sites is 1. The summed E-state index contributed by atoms with van der Waals surface area (Å²) in [6.45, 7) is 2.79. The van der Waals surface area contributed by atoms with Crippen LogP contribution < -0.4 is 4.74 Å². The molecule has 9 rings (SSSR count). The molecule has 0 amide bonds. The number of nitrogens with zero attached hydrogens (tertiary/aromatic N) is 2. The fourth-order valence-electron chi connectivity index (χ4n) is 8.74. The van der Waals surface area contributed by atoms with Crippen LogP contribution >= 0.6 is 0 Å². The zero-order valence-electron chi connectivity index (χ0n) is 21.4. The normalized spacial score (nSPS) is 30.7. The molecule has 4 aromatic rings. The van der Waals surface area contributed by atoms with Gasteiger partial charge in [0.15, 0.2) is 17.6 Å². The van der Waals surface area contributed by atoms with E-state index in [4.69, 9.17) is 4.74 Å². The zero-order chi connectivity index (χ0) is 25.2. The van der Waals surface area contributed by atoms with E-state index in [1.807, 2.05) is 0 Å². The minimum absolute atomic E-state index is 0.0512. The SMILES string of the molecule is Oc1ccc2c3c1O[C@H]1c4c(c5ccccc5n4Cc4ccccc4)C[C@]4(O)[C@@H](C2)N(CC2CC2)CC[C@@]314. The maximum atomic E-state index is 13.1. The van der Waals surface area contributed by atoms with Crippen molar-refractivity contribution in [3.05, 3.63) is 94.7 Å². The van der Waals surface area contributed by atoms with Crippen molar-refractivity contribution >= 4 is 10.9 Å². The molecule has 2 fully saturated rings. The van der Waals surface area contributed by atoms with E-state index >= 15 is 0 Å². The van der Waals surface area contributed by atoms with E-state index < -0.39 is 11.0 Å². The van der Waals surface area contributed by atoms with Gasteiger partial charge in [0.1, 0.15) is 0 Å². The zero-order valence-corrected chi connectivity index (χ0v) is 21.4. The van der Waals surface area contributed by atoms with Crippen molar-refractivity contribution in [2.24, 2.45) is 5.92 Å². The van der Waals surface area contributed by atoms with Crippen LogP contribution in [-0.4, -0.2) is 44.4 Å². The van der Waals surface area contributed by atoms with Gasteiger partial charge in [0.05, 0.1) is 16.7 Å². The van der Waals surface area contributed by atoms with Crippen molar-refractivity contribution in [3.63, 3.8) is 0 Å². The number of likely N-dealkylation sites (tertiary alicyclic amines) is 1. The van der Waals surface area contributed by atoms with E-state index in [1.54, 1.807) is 6.07 Å². The molecule has 3 aliphatic carbocycles. The summed E-state index contributed by atoms with van der Waals surface area (Å²) in [5.74, 6) is 1.57. The van der Waals surface area contributed by atoms with Gasteiger partial charge in [-0.3, -0.25) is 4.90 Å². The minimum atomic E-state index is -0.953. The second-order valence-corrected chi connectivity index (χ2v) is 12.4. The number of hydrogen-bond acceptors (Lipinski definition) is 4. The second-order valence-electron chi connectivity index (χ2n) is 12.4. The van der Waals surface area contributed by atoms with Crippen LogP contribution in [0.15, 0.2) is 66.7 Å². The van der Waals surface area contributed by atoms with Crippen molar-refractivity contribution in [2.45, 2.75) is 61.8 Å². The summed E-state index contributed by atoms with van der Waals surface area (Å²) in [5.41, 5.74) is 5.63. The van der Waals surface area contributed by atoms with Crippen molar-refractivity contribution in [3.8, 4) is 11.5 Å². The quantitative estimate of drug-likeness (QED) is 0.406.